The van der Waals surface area contributed by atoms with Crippen LogP contribution in [0.1, 0.15) is 27.2 Å². The minimum Gasteiger partial charge on any atom is -0.352 e. The average molecular weight is 265 g/mol. The summed E-state index contributed by atoms with van der Waals surface area (Å²) in [6.07, 6.45) is 2.25. The van der Waals surface area contributed by atoms with Crippen LogP contribution in [0.5, 0.6) is 0 Å². The quantitative estimate of drug-likeness (QED) is 0.922. The van der Waals surface area contributed by atoms with Crippen molar-refractivity contribution in [1.29, 1.82) is 5.26 Å². The Balaban J connectivity index is 1.89. The molecule has 0 saturated heterocycles. The molecule has 0 fully saturated rings. The van der Waals surface area contributed by atoms with Crippen LogP contribution in [0.15, 0.2) is 42.6 Å². The third-order valence-electron chi connectivity index (χ3n) is 2.96. The number of aryl methyl sites for hydroxylation is 1. The number of aromatic nitrogens is 1. The maximum absolute atomic E-state index is 11.9. The normalized spacial score (nSPS) is 9.80. The number of benzene rings is 1. The molecule has 0 aliphatic rings. The number of pyridine rings is 1. The van der Waals surface area contributed by atoms with E-state index >= 15 is 0 Å². The van der Waals surface area contributed by atoms with Gasteiger partial charge in [-0.2, -0.15) is 5.26 Å². The Morgan fingerprint density at radius 3 is 2.75 bits per heavy atom. The van der Waals surface area contributed by atoms with Crippen LogP contribution >= 0.6 is 0 Å². The van der Waals surface area contributed by atoms with Gasteiger partial charge in [-0.05, 0) is 31.0 Å². The van der Waals surface area contributed by atoms with Crippen LogP contribution in [0, 0.1) is 18.3 Å². The third-order valence-corrected chi connectivity index (χ3v) is 2.96. The number of hydrogen-bond acceptors (Lipinski definition) is 3. The van der Waals surface area contributed by atoms with Crippen molar-refractivity contribution in [2.24, 2.45) is 0 Å². The highest BCUT2D eigenvalue weighted by Gasteiger charge is 2.06. The van der Waals surface area contributed by atoms with E-state index in [1.807, 2.05) is 13.0 Å². The molecule has 0 atom stereocenters. The van der Waals surface area contributed by atoms with Crippen molar-refractivity contribution in [3.63, 3.8) is 0 Å². The van der Waals surface area contributed by atoms with E-state index in [0.29, 0.717) is 12.1 Å². The van der Waals surface area contributed by atoms with Crippen molar-refractivity contribution in [2.45, 2.75) is 13.3 Å². The second kappa shape index (κ2) is 6.48. The summed E-state index contributed by atoms with van der Waals surface area (Å²) in [5.74, 6) is -0.184. The smallest absolute Gasteiger partial charge is 0.251 e. The number of carbonyl (C=O) groups excluding carboxylic acids is 1. The van der Waals surface area contributed by atoms with Crippen LogP contribution in [0.25, 0.3) is 0 Å². The fraction of sp³-hybridized carbons (Fsp3) is 0.188. The molecule has 1 aromatic heterocycles. The summed E-state index contributed by atoms with van der Waals surface area (Å²) in [6.45, 7) is 2.61. The van der Waals surface area contributed by atoms with Crippen molar-refractivity contribution < 1.29 is 4.79 Å². The fourth-order valence-corrected chi connectivity index (χ4v) is 1.81. The first-order valence-corrected chi connectivity index (χ1v) is 6.39. The zero-order valence-electron chi connectivity index (χ0n) is 11.3. The zero-order valence-corrected chi connectivity index (χ0v) is 11.3. The molecule has 0 spiro atoms. The van der Waals surface area contributed by atoms with Crippen molar-refractivity contribution in [1.82, 2.24) is 10.3 Å². The zero-order chi connectivity index (χ0) is 14.4. The molecule has 1 amide bonds. The van der Waals surface area contributed by atoms with E-state index in [-0.39, 0.29) is 11.6 Å². The first-order valence-electron chi connectivity index (χ1n) is 6.39. The molecule has 4 heteroatoms. The number of nitrogens with zero attached hydrogens (tertiary/aromatic N) is 2. The van der Waals surface area contributed by atoms with Crippen LogP contribution in [0.4, 0.5) is 0 Å². The molecule has 100 valence electrons. The highest BCUT2D eigenvalue weighted by Crippen LogP contribution is 2.04. The van der Waals surface area contributed by atoms with Gasteiger partial charge in [-0.15, -0.1) is 0 Å². The molecule has 4 nitrogen and oxygen atoms in total. The van der Waals surface area contributed by atoms with Crippen LogP contribution in [0.2, 0.25) is 0 Å². The van der Waals surface area contributed by atoms with Crippen molar-refractivity contribution >= 4 is 5.91 Å². The van der Waals surface area contributed by atoms with Gasteiger partial charge < -0.3 is 5.32 Å². The Labute approximate surface area is 118 Å². The largest absolute Gasteiger partial charge is 0.352 e. The Kier molecular flexibility index (Phi) is 4.46. The van der Waals surface area contributed by atoms with Gasteiger partial charge in [0.1, 0.15) is 11.8 Å². The summed E-state index contributed by atoms with van der Waals surface area (Å²) in [6, 6.07) is 13.2. The molecule has 0 bridgehead atoms. The van der Waals surface area contributed by atoms with Gasteiger partial charge in [-0.3, -0.25) is 4.79 Å². The lowest BCUT2D eigenvalue weighted by atomic mass is 10.1. The number of nitriles is 1. The van der Waals surface area contributed by atoms with Gasteiger partial charge >= 0.3 is 0 Å². The highest BCUT2D eigenvalue weighted by molar-refractivity contribution is 5.94. The fourth-order valence-electron chi connectivity index (χ4n) is 1.81. The standard InChI is InChI=1S/C16H15N3O/c1-12-2-4-13(5-3-12)6-8-19-16(20)14-7-9-18-15(10-14)11-17/h2-5,7,9-10H,6,8H2,1H3,(H,19,20). The van der Waals surface area contributed by atoms with E-state index in [4.69, 9.17) is 5.26 Å². The predicted octanol–water partition coefficient (Wildman–Crippen LogP) is 2.23. The Morgan fingerprint density at radius 1 is 1.30 bits per heavy atom. The first-order chi connectivity index (χ1) is 9.69. The van der Waals surface area contributed by atoms with Crippen molar-refractivity contribution in [3.8, 4) is 6.07 Å². The Morgan fingerprint density at radius 2 is 2.05 bits per heavy atom. The molecular weight excluding hydrogens is 250 g/mol. The second-order valence-electron chi connectivity index (χ2n) is 4.53. The maximum atomic E-state index is 11.9. The van der Waals surface area contributed by atoms with E-state index in [2.05, 4.69) is 34.6 Å². The van der Waals surface area contributed by atoms with Gasteiger partial charge in [0.25, 0.3) is 5.91 Å². The lowest BCUT2D eigenvalue weighted by Gasteiger charge is -2.06. The van der Waals surface area contributed by atoms with E-state index in [9.17, 15) is 4.79 Å². The molecule has 2 aromatic rings. The summed E-state index contributed by atoms with van der Waals surface area (Å²) >= 11 is 0. The summed E-state index contributed by atoms with van der Waals surface area (Å²) in [5, 5.41) is 11.6. The predicted molar refractivity (Wildman–Crippen MR) is 76.2 cm³/mol. The van der Waals surface area contributed by atoms with Gasteiger partial charge in [0.15, 0.2) is 0 Å². The molecule has 1 N–H and O–H groups in total. The van der Waals surface area contributed by atoms with Crippen LogP contribution in [0.3, 0.4) is 0 Å². The highest BCUT2D eigenvalue weighted by atomic mass is 16.1. The summed E-state index contributed by atoms with van der Waals surface area (Å²) in [5.41, 5.74) is 3.11. The van der Waals surface area contributed by atoms with Gasteiger partial charge in [-0.1, -0.05) is 29.8 Å². The van der Waals surface area contributed by atoms with E-state index in [1.54, 1.807) is 6.07 Å². The summed E-state index contributed by atoms with van der Waals surface area (Å²) < 4.78 is 0. The third kappa shape index (κ3) is 3.66. The van der Waals surface area contributed by atoms with Crippen LogP contribution in [-0.4, -0.2) is 17.4 Å². The molecule has 0 aliphatic carbocycles. The van der Waals surface area contributed by atoms with Crippen LogP contribution < -0.4 is 5.32 Å². The molecule has 0 aliphatic heterocycles. The summed E-state index contributed by atoms with van der Waals surface area (Å²) in [7, 11) is 0. The molecule has 0 unspecified atom stereocenters. The van der Waals surface area contributed by atoms with Gasteiger partial charge in [0.05, 0.1) is 0 Å². The number of rotatable bonds is 4. The number of nitrogens with one attached hydrogen (secondary N) is 1. The summed E-state index contributed by atoms with van der Waals surface area (Å²) in [4.78, 5) is 15.7. The lowest BCUT2D eigenvalue weighted by molar-refractivity contribution is 0.0954. The Hall–Kier alpha value is -2.67. The molecule has 0 radical (unpaired) electrons. The van der Waals surface area contributed by atoms with Crippen molar-refractivity contribution in [3.05, 3.63) is 65.0 Å². The van der Waals surface area contributed by atoms with E-state index in [1.165, 1.54) is 23.4 Å². The monoisotopic (exact) mass is 265 g/mol. The molecule has 1 aromatic carbocycles. The first kappa shape index (κ1) is 13.8. The molecular formula is C16H15N3O. The van der Waals surface area contributed by atoms with Crippen LogP contribution in [-0.2, 0) is 6.42 Å². The van der Waals surface area contributed by atoms with Gasteiger partial charge in [0.2, 0.25) is 0 Å². The van der Waals surface area contributed by atoms with Gasteiger partial charge in [-0.25, -0.2) is 4.98 Å². The van der Waals surface area contributed by atoms with Gasteiger partial charge in [0, 0.05) is 18.3 Å². The molecule has 2 rings (SSSR count). The molecule has 20 heavy (non-hydrogen) atoms. The van der Waals surface area contributed by atoms with E-state index < -0.39 is 0 Å². The van der Waals surface area contributed by atoms with Crippen molar-refractivity contribution in [2.75, 3.05) is 6.54 Å². The minimum atomic E-state index is -0.184. The SMILES string of the molecule is Cc1ccc(CCNC(=O)c2ccnc(C#N)c2)cc1. The number of amides is 1. The number of carbonyl (C=O) groups is 1. The maximum Gasteiger partial charge on any atom is 0.251 e. The minimum absolute atomic E-state index is 0.184. The van der Waals surface area contributed by atoms with E-state index in [0.717, 1.165) is 6.42 Å². The Bertz CT molecular complexity index is 642. The molecule has 0 saturated carbocycles. The lowest BCUT2D eigenvalue weighted by Crippen LogP contribution is -2.25. The number of hydrogen-bond donors (Lipinski definition) is 1. The second-order valence-corrected chi connectivity index (χ2v) is 4.53. The molecule has 1 heterocycles. The average Bonchev–Trinajstić information content (AvgIpc) is 2.49. The topological polar surface area (TPSA) is 65.8 Å².